The van der Waals surface area contributed by atoms with Gasteiger partial charge in [0.05, 0.1) is 26.7 Å². The monoisotopic (exact) mass is 444 g/mol. The van der Waals surface area contributed by atoms with E-state index in [0.29, 0.717) is 18.7 Å². The molecule has 0 fully saturated rings. The molecule has 1 amide bonds. The second kappa shape index (κ2) is 10.5. The Labute approximate surface area is 196 Å². The Hall–Kier alpha value is -3.31. The number of nitrogens with zero attached hydrogens (tertiary/aromatic N) is 1. The predicted molar refractivity (Wildman–Crippen MR) is 131 cm³/mol. The summed E-state index contributed by atoms with van der Waals surface area (Å²) in [4.78, 5) is 15.2. The van der Waals surface area contributed by atoms with Crippen molar-refractivity contribution >= 4 is 5.91 Å². The molecule has 1 aliphatic heterocycles. The van der Waals surface area contributed by atoms with Crippen LogP contribution in [0.3, 0.4) is 0 Å². The maximum atomic E-state index is 12.7. The molecule has 0 aliphatic carbocycles. The lowest BCUT2D eigenvalue weighted by Crippen LogP contribution is -2.42. The van der Waals surface area contributed by atoms with Crippen molar-refractivity contribution in [2.75, 3.05) is 27.3 Å². The number of carbonyl (C=O) groups is 1. The Morgan fingerprint density at radius 3 is 2.36 bits per heavy atom. The topological polar surface area (TPSA) is 50.8 Å². The van der Waals surface area contributed by atoms with Crippen molar-refractivity contribution in [3.63, 3.8) is 0 Å². The smallest absolute Gasteiger partial charge is 0.224 e. The summed E-state index contributed by atoms with van der Waals surface area (Å²) in [7, 11) is 3.33. The number of hydrogen-bond donors (Lipinski definition) is 1. The van der Waals surface area contributed by atoms with E-state index < -0.39 is 0 Å². The van der Waals surface area contributed by atoms with Crippen molar-refractivity contribution in [1.82, 2.24) is 10.2 Å². The maximum Gasteiger partial charge on any atom is 0.224 e. The van der Waals surface area contributed by atoms with Crippen molar-refractivity contribution in [3.8, 4) is 11.5 Å². The van der Waals surface area contributed by atoms with E-state index in [-0.39, 0.29) is 11.9 Å². The van der Waals surface area contributed by atoms with E-state index in [1.54, 1.807) is 14.2 Å². The van der Waals surface area contributed by atoms with Gasteiger partial charge in [-0.25, -0.2) is 0 Å². The molecule has 4 rings (SSSR count). The molecule has 0 aromatic heterocycles. The van der Waals surface area contributed by atoms with Crippen molar-refractivity contribution in [1.29, 1.82) is 0 Å². The van der Waals surface area contributed by atoms with E-state index in [0.717, 1.165) is 30.8 Å². The van der Waals surface area contributed by atoms with Gasteiger partial charge in [0.15, 0.2) is 11.5 Å². The molecule has 3 aromatic carbocycles. The van der Waals surface area contributed by atoms with Crippen molar-refractivity contribution in [3.05, 3.63) is 94.5 Å². The molecule has 1 heterocycles. The summed E-state index contributed by atoms with van der Waals surface area (Å²) in [5, 5.41) is 3.18. The molecule has 33 heavy (non-hydrogen) atoms. The normalized spacial score (nSPS) is 15.5. The Bertz CT molecular complexity index is 1080. The van der Waals surface area contributed by atoms with Crippen LogP contribution in [0.5, 0.6) is 11.5 Å². The fraction of sp³-hybridized carbons (Fsp3) is 0.321. The number of amides is 1. The molecule has 0 radical (unpaired) electrons. The number of aryl methyl sites for hydroxylation is 1. The highest BCUT2D eigenvalue weighted by molar-refractivity contribution is 5.78. The Balaban J connectivity index is 1.57. The summed E-state index contributed by atoms with van der Waals surface area (Å²) in [6.07, 6.45) is 1.31. The molecule has 0 saturated heterocycles. The third-order valence-corrected chi connectivity index (χ3v) is 6.32. The van der Waals surface area contributed by atoms with Crippen LogP contribution >= 0.6 is 0 Å². The van der Waals surface area contributed by atoms with Gasteiger partial charge >= 0.3 is 0 Å². The highest BCUT2D eigenvalue weighted by Gasteiger charge is 2.29. The molecule has 0 bridgehead atoms. The lowest BCUT2D eigenvalue weighted by atomic mass is 9.91. The van der Waals surface area contributed by atoms with Crippen LogP contribution in [-0.2, 0) is 24.2 Å². The van der Waals surface area contributed by atoms with Gasteiger partial charge in [-0.3, -0.25) is 9.69 Å². The van der Waals surface area contributed by atoms with Crippen molar-refractivity contribution in [2.24, 2.45) is 0 Å². The van der Waals surface area contributed by atoms with Crippen LogP contribution in [0.2, 0.25) is 0 Å². The molecule has 1 aliphatic rings. The van der Waals surface area contributed by atoms with Crippen LogP contribution in [0, 0.1) is 6.92 Å². The van der Waals surface area contributed by atoms with Crippen LogP contribution in [0.25, 0.3) is 0 Å². The van der Waals surface area contributed by atoms with E-state index in [4.69, 9.17) is 9.47 Å². The standard InChI is InChI=1S/C28H32N2O3/c1-20-9-11-22(12-10-20)19-30-14-13-23-16-26(32-2)27(33-3)17-24(23)25(30)18-29-28(31)15-21-7-5-4-6-8-21/h4-12,16-17,25H,13-15,18-19H2,1-3H3,(H,29,31). The number of nitrogens with one attached hydrogen (secondary N) is 1. The fourth-order valence-electron chi connectivity index (χ4n) is 4.49. The van der Waals surface area contributed by atoms with Gasteiger partial charge in [0, 0.05) is 19.6 Å². The molecule has 3 aromatic rings. The van der Waals surface area contributed by atoms with Gasteiger partial charge in [0.25, 0.3) is 0 Å². The first-order valence-corrected chi connectivity index (χ1v) is 11.4. The first-order valence-electron chi connectivity index (χ1n) is 11.4. The molecule has 5 nitrogen and oxygen atoms in total. The van der Waals surface area contributed by atoms with Gasteiger partial charge < -0.3 is 14.8 Å². The lowest BCUT2D eigenvalue weighted by Gasteiger charge is -2.38. The quantitative estimate of drug-likeness (QED) is 0.557. The molecule has 1 unspecified atom stereocenters. The van der Waals surface area contributed by atoms with Crippen LogP contribution in [0.15, 0.2) is 66.7 Å². The fourth-order valence-corrected chi connectivity index (χ4v) is 4.49. The van der Waals surface area contributed by atoms with Crippen molar-refractivity contribution in [2.45, 2.75) is 32.4 Å². The molecule has 1 atom stereocenters. The Morgan fingerprint density at radius 1 is 0.970 bits per heavy atom. The molecule has 1 N–H and O–H groups in total. The van der Waals surface area contributed by atoms with Gasteiger partial charge in [0.1, 0.15) is 0 Å². The average molecular weight is 445 g/mol. The van der Waals surface area contributed by atoms with E-state index >= 15 is 0 Å². The summed E-state index contributed by atoms with van der Waals surface area (Å²) >= 11 is 0. The number of methoxy groups -OCH3 is 2. The highest BCUT2D eigenvalue weighted by atomic mass is 16.5. The first-order chi connectivity index (χ1) is 16.1. The van der Waals surface area contributed by atoms with Gasteiger partial charge in [-0.2, -0.15) is 0 Å². The van der Waals surface area contributed by atoms with E-state index in [2.05, 4.69) is 53.5 Å². The third kappa shape index (κ3) is 5.55. The van der Waals surface area contributed by atoms with Crippen LogP contribution in [0.1, 0.15) is 33.9 Å². The minimum Gasteiger partial charge on any atom is -0.493 e. The number of carbonyl (C=O) groups excluding carboxylic acids is 1. The summed E-state index contributed by atoms with van der Waals surface area (Å²) < 4.78 is 11.1. The van der Waals surface area contributed by atoms with Crippen LogP contribution in [-0.4, -0.2) is 38.1 Å². The van der Waals surface area contributed by atoms with Gasteiger partial charge in [-0.05, 0) is 47.7 Å². The number of benzene rings is 3. The summed E-state index contributed by atoms with van der Waals surface area (Å²) in [5.74, 6) is 1.49. The zero-order chi connectivity index (χ0) is 23.2. The molecule has 0 saturated carbocycles. The second-order valence-electron chi connectivity index (χ2n) is 8.59. The van der Waals surface area contributed by atoms with E-state index in [9.17, 15) is 4.79 Å². The van der Waals surface area contributed by atoms with Gasteiger partial charge in [-0.15, -0.1) is 0 Å². The second-order valence-corrected chi connectivity index (χ2v) is 8.59. The Morgan fingerprint density at radius 2 is 1.67 bits per heavy atom. The average Bonchev–Trinajstić information content (AvgIpc) is 2.84. The zero-order valence-corrected chi connectivity index (χ0v) is 19.6. The van der Waals surface area contributed by atoms with Crippen molar-refractivity contribution < 1.29 is 14.3 Å². The number of fused-ring (bicyclic) bond motifs is 1. The van der Waals surface area contributed by atoms with Gasteiger partial charge in [-0.1, -0.05) is 60.2 Å². The molecule has 5 heteroatoms. The third-order valence-electron chi connectivity index (χ3n) is 6.32. The lowest BCUT2D eigenvalue weighted by molar-refractivity contribution is -0.120. The predicted octanol–water partition coefficient (Wildman–Crippen LogP) is 4.47. The summed E-state index contributed by atoms with van der Waals surface area (Å²) in [5.41, 5.74) is 5.97. The van der Waals surface area contributed by atoms with E-state index in [1.165, 1.54) is 22.3 Å². The molecular formula is C28H32N2O3. The zero-order valence-electron chi connectivity index (χ0n) is 19.6. The maximum absolute atomic E-state index is 12.7. The van der Waals surface area contributed by atoms with E-state index in [1.807, 2.05) is 30.3 Å². The Kier molecular flexibility index (Phi) is 7.30. The number of hydrogen-bond acceptors (Lipinski definition) is 4. The minimum absolute atomic E-state index is 0.0316. The first kappa shape index (κ1) is 22.9. The minimum atomic E-state index is 0.0316. The highest BCUT2D eigenvalue weighted by Crippen LogP contribution is 2.38. The SMILES string of the molecule is COc1cc2c(cc1OC)C(CNC(=O)Cc1ccccc1)N(Cc1ccc(C)cc1)CC2. The summed E-state index contributed by atoms with van der Waals surface area (Å²) in [6, 6.07) is 22.7. The largest absolute Gasteiger partial charge is 0.493 e. The molecule has 172 valence electrons. The van der Waals surface area contributed by atoms with Gasteiger partial charge in [0.2, 0.25) is 5.91 Å². The van der Waals surface area contributed by atoms with Crippen LogP contribution < -0.4 is 14.8 Å². The number of rotatable bonds is 8. The summed E-state index contributed by atoms with van der Waals surface area (Å²) in [6.45, 7) is 4.38. The van der Waals surface area contributed by atoms with Crippen LogP contribution in [0.4, 0.5) is 0 Å². The molecule has 0 spiro atoms. The molecular weight excluding hydrogens is 412 g/mol. The number of ether oxygens (including phenoxy) is 2.